The van der Waals surface area contributed by atoms with Crippen LogP contribution in [-0.2, 0) is 25.4 Å². The third-order valence-corrected chi connectivity index (χ3v) is 4.92. The minimum Gasteiger partial charge on any atom is -0.488 e. The summed E-state index contributed by atoms with van der Waals surface area (Å²) in [5.41, 5.74) is -0.505. The Hall–Kier alpha value is -2.32. The summed E-state index contributed by atoms with van der Waals surface area (Å²) < 4.78 is 22.1. The van der Waals surface area contributed by atoms with Crippen molar-refractivity contribution in [2.45, 2.75) is 84.1 Å². The van der Waals surface area contributed by atoms with Crippen molar-refractivity contribution in [1.82, 2.24) is 10.6 Å². The zero-order valence-electron chi connectivity index (χ0n) is 21.1. The van der Waals surface area contributed by atoms with Gasteiger partial charge in [-0.05, 0) is 72.1 Å². The van der Waals surface area contributed by atoms with E-state index in [4.69, 9.17) is 18.9 Å². The van der Waals surface area contributed by atoms with E-state index in [1.54, 1.807) is 0 Å². The van der Waals surface area contributed by atoms with E-state index in [1.165, 1.54) is 0 Å². The Morgan fingerprint density at radius 2 is 1.70 bits per heavy atom. The highest BCUT2D eigenvalue weighted by Crippen LogP contribution is 2.26. The minimum absolute atomic E-state index is 0.0359. The lowest BCUT2D eigenvalue weighted by Crippen LogP contribution is -2.72. The molecular weight excluding hydrogens is 424 g/mol. The number of rotatable bonds is 10. The van der Waals surface area contributed by atoms with Crippen molar-refractivity contribution in [2.24, 2.45) is 0 Å². The van der Waals surface area contributed by atoms with Crippen LogP contribution in [0.3, 0.4) is 0 Å². The number of hydrogen-bond donors (Lipinski definition) is 2. The molecular formula is C25H40N2O6. The molecule has 1 aliphatic heterocycles. The SMILES string of the molecule is CCCOC(=O)CNC1([C@@H](Cc2ccc(OC(C)(C)C)cc2)NC(=O)OC(C)(C)C)COC1. The zero-order chi connectivity index (χ0) is 24.7. The van der Waals surface area contributed by atoms with E-state index in [1.807, 2.05) is 72.7 Å². The van der Waals surface area contributed by atoms with Crippen molar-refractivity contribution in [2.75, 3.05) is 26.4 Å². The third kappa shape index (κ3) is 9.21. The fraction of sp³-hybridized carbons (Fsp3) is 0.680. The van der Waals surface area contributed by atoms with E-state index in [9.17, 15) is 9.59 Å². The number of esters is 1. The molecule has 2 rings (SSSR count). The van der Waals surface area contributed by atoms with Crippen LogP contribution in [-0.4, -0.2) is 61.2 Å². The van der Waals surface area contributed by atoms with Gasteiger partial charge in [-0.2, -0.15) is 0 Å². The molecule has 1 aliphatic rings. The van der Waals surface area contributed by atoms with Crippen LogP contribution in [0, 0.1) is 0 Å². The van der Waals surface area contributed by atoms with Crippen molar-refractivity contribution < 1.29 is 28.5 Å². The second-order valence-corrected chi connectivity index (χ2v) is 10.5. The molecule has 1 aromatic rings. The molecule has 0 saturated carbocycles. The minimum atomic E-state index is -0.624. The number of ether oxygens (including phenoxy) is 4. The lowest BCUT2D eigenvalue weighted by molar-refractivity contribution is -0.145. The fourth-order valence-corrected chi connectivity index (χ4v) is 3.38. The van der Waals surface area contributed by atoms with Crippen LogP contribution in [0.2, 0.25) is 0 Å². The van der Waals surface area contributed by atoms with E-state index < -0.39 is 17.2 Å². The average molecular weight is 465 g/mol. The molecule has 8 heteroatoms. The Labute approximate surface area is 197 Å². The van der Waals surface area contributed by atoms with Gasteiger partial charge in [0.25, 0.3) is 0 Å². The molecule has 1 heterocycles. The van der Waals surface area contributed by atoms with Gasteiger partial charge >= 0.3 is 12.1 Å². The highest BCUT2D eigenvalue weighted by atomic mass is 16.6. The van der Waals surface area contributed by atoms with Crippen LogP contribution in [0.1, 0.15) is 60.5 Å². The molecule has 8 nitrogen and oxygen atoms in total. The predicted molar refractivity (Wildman–Crippen MR) is 126 cm³/mol. The lowest BCUT2D eigenvalue weighted by atomic mass is 9.83. The first kappa shape index (κ1) is 26.9. The van der Waals surface area contributed by atoms with Gasteiger partial charge in [0.05, 0.1) is 37.9 Å². The molecule has 33 heavy (non-hydrogen) atoms. The Kier molecular flexibility index (Phi) is 9.14. The molecule has 1 amide bonds. The molecule has 186 valence electrons. The summed E-state index contributed by atoms with van der Waals surface area (Å²) in [5, 5.41) is 6.28. The van der Waals surface area contributed by atoms with E-state index in [0.717, 1.165) is 17.7 Å². The first-order valence-electron chi connectivity index (χ1n) is 11.6. The molecule has 0 spiro atoms. The third-order valence-electron chi connectivity index (χ3n) is 4.92. The van der Waals surface area contributed by atoms with E-state index in [0.29, 0.717) is 26.2 Å². The largest absolute Gasteiger partial charge is 0.488 e. The maximum absolute atomic E-state index is 12.6. The number of hydrogen-bond acceptors (Lipinski definition) is 7. The van der Waals surface area contributed by atoms with Crippen molar-refractivity contribution in [3.63, 3.8) is 0 Å². The Balaban J connectivity index is 2.16. The normalized spacial score (nSPS) is 16.3. The Morgan fingerprint density at radius 3 is 2.18 bits per heavy atom. The topological polar surface area (TPSA) is 95.1 Å². The van der Waals surface area contributed by atoms with Crippen molar-refractivity contribution in [3.05, 3.63) is 29.8 Å². The van der Waals surface area contributed by atoms with Gasteiger partial charge in [0.2, 0.25) is 0 Å². The van der Waals surface area contributed by atoms with Gasteiger partial charge in [-0.15, -0.1) is 0 Å². The van der Waals surface area contributed by atoms with E-state index in [-0.39, 0.29) is 24.2 Å². The fourth-order valence-electron chi connectivity index (χ4n) is 3.38. The van der Waals surface area contributed by atoms with Gasteiger partial charge in [-0.25, -0.2) is 4.79 Å². The van der Waals surface area contributed by atoms with Gasteiger partial charge in [0.15, 0.2) is 0 Å². The highest BCUT2D eigenvalue weighted by Gasteiger charge is 2.47. The number of nitrogens with one attached hydrogen (secondary N) is 2. The molecule has 1 aromatic carbocycles. The molecule has 1 atom stereocenters. The molecule has 0 bridgehead atoms. The van der Waals surface area contributed by atoms with Gasteiger partial charge in [-0.1, -0.05) is 19.1 Å². The summed E-state index contributed by atoms with van der Waals surface area (Å²) >= 11 is 0. The molecule has 0 aliphatic carbocycles. The first-order chi connectivity index (χ1) is 15.3. The zero-order valence-corrected chi connectivity index (χ0v) is 21.1. The van der Waals surface area contributed by atoms with Crippen molar-refractivity contribution >= 4 is 12.1 Å². The molecule has 1 fully saturated rings. The molecule has 0 aromatic heterocycles. The number of amides is 1. The number of carbonyl (C=O) groups excluding carboxylic acids is 2. The van der Waals surface area contributed by atoms with Gasteiger partial charge in [0.1, 0.15) is 17.0 Å². The smallest absolute Gasteiger partial charge is 0.407 e. The van der Waals surface area contributed by atoms with Gasteiger partial charge in [0, 0.05) is 0 Å². The van der Waals surface area contributed by atoms with Gasteiger partial charge < -0.3 is 24.3 Å². The summed E-state index contributed by atoms with van der Waals surface area (Å²) in [6, 6.07) is 7.44. The van der Waals surface area contributed by atoms with Crippen molar-refractivity contribution in [1.29, 1.82) is 0 Å². The number of carbonyl (C=O) groups is 2. The standard InChI is InChI=1S/C25H40N2O6/c1-8-13-31-21(28)15-26-25(16-30-17-25)20(27-22(29)33-24(5,6)7)14-18-9-11-19(12-10-18)32-23(2,3)4/h9-12,20,26H,8,13-17H2,1-7H3,(H,27,29)/t20-/m1/s1. The Morgan fingerprint density at radius 1 is 1.06 bits per heavy atom. The monoisotopic (exact) mass is 464 g/mol. The maximum atomic E-state index is 12.6. The molecule has 0 unspecified atom stereocenters. The Bertz CT molecular complexity index is 776. The quantitative estimate of drug-likeness (QED) is 0.511. The second kappa shape index (κ2) is 11.2. The summed E-state index contributed by atoms with van der Waals surface area (Å²) in [5.74, 6) is 0.448. The molecule has 2 N–H and O–H groups in total. The van der Waals surface area contributed by atoms with E-state index >= 15 is 0 Å². The van der Waals surface area contributed by atoms with Crippen LogP contribution < -0.4 is 15.4 Å². The predicted octanol–water partition coefficient (Wildman–Crippen LogP) is 3.61. The summed E-state index contributed by atoms with van der Waals surface area (Å²) in [4.78, 5) is 24.7. The lowest BCUT2D eigenvalue weighted by Gasteiger charge is -2.47. The second-order valence-electron chi connectivity index (χ2n) is 10.5. The van der Waals surface area contributed by atoms with Crippen LogP contribution in [0.4, 0.5) is 4.79 Å². The average Bonchev–Trinajstić information content (AvgIpc) is 2.64. The highest BCUT2D eigenvalue weighted by molar-refractivity contribution is 5.72. The number of alkyl carbamates (subject to hydrolysis) is 1. The molecule has 1 saturated heterocycles. The number of benzene rings is 1. The van der Waals surface area contributed by atoms with Gasteiger partial charge in [-0.3, -0.25) is 10.1 Å². The first-order valence-corrected chi connectivity index (χ1v) is 11.6. The van der Waals surface area contributed by atoms with E-state index in [2.05, 4.69) is 10.6 Å². The van der Waals surface area contributed by atoms with Crippen molar-refractivity contribution in [3.8, 4) is 5.75 Å². The maximum Gasteiger partial charge on any atom is 0.407 e. The summed E-state index contributed by atoms with van der Waals surface area (Å²) in [6.07, 6.45) is 0.773. The summed E-state index contributed by atoms with van der Waals surface area (Å²) in [6.45, 7) is 14.5. The van der Waals surface area contributed by atoms with Crippen LogP contribution in [0.5, 0.6) is 5.75 Å². The van der Waals surface area contributed by atoms with Crippen LogP contribution in [0.15, 0.2) is 24.3 Å². The van der Waals surface area contributed by atoms with Crippen LogP contribution >= 0.6 is 0 Å². The molecule has 0 radical (unpaired) electrons. The van der Waals surface area contributed by atoms with Crippen LogP contribution in [0.25, 0.3) is 0 Å². The summed E-state index contributed by atoms with van der Waals surface area (Å²) in [7, 11) is 0.